The monoisotopic (exact) mass is 330 g/mol. The first kappa shape index (κ1) is 15.4. The van der Waals surface area contributed by atoms with Gasteiger partial charge in [-0.15, -0.1) is 11.8 Å². The first-order chi connectivity index (χ1) is 11.0. The molecule has 1 aliphatic heterocycles. The van der Waals surface area contributed by atoms with Gasteiger partial charge in [0.25, 0.3) is 0 Å². The smallest absolute Gasteiger partial charge is 0.151 e. The van der Waals surface area contributed by atoms with Crippen molar-refractivity contribution in [2.75, 3.05) is 12.4 Å². The Labute approximate surface area is 141 Å². The lowest BCUT2D eigenvalue weighted by Gasteiger charge is -2.34. The summed E-state index contributed by atoms with van der Waals surface area (Å²) in [6.07, 6.45) is 2.50. The van der Waals surface area contributed by atoms with Crippen LogP contribution in [0.1, 0.15) is 41.9 Å². The summed E-state index contributed by atoms with van der Waals surface area (Å²) in [5.74, 6) is 0.502. The Morgan fingerprint density at radius 3 is 2.22 bits per heavy atom. The summed E-state index contributed by atoms with van der Waals surface area (Å²) >= 11 is 1.81. The van der Waals surface area contributed by atoms with Gasteiger partial charge >= 0.3 is 0 Å². The molecule has 1 aromatic carbocycles. The number of thioether (sulfide) groups is 1. The number of benzene rings is 1. The van der Waals surface area contributed by atoms with Crippen molar-refractivity contribution in [1.29, 1.82) is 0 Å². The van der Waals surface area contributed by atoms with Crippen molar-refractivity contribution in [2.45, 2.75) is 44.0 Å². The van der Waals surface area contributed by atoms with Gasteiger partial charge in [-0.3, -0.25) is 9.59 Å². The van der Waals surface area contributed by atoms with Gasteiger partial charge in [-0.1, -0.05) is 18.2 Å². The van der Waals surface area contributed by atoms with Gasteiger partial charge in [0, 0.05) is 18.4 Å². The molecule has 0 N–H and O–H groups in total. The number of Topliss-reactive ketones (excluding diaryl/α,β-unsaturated/α-hetero) is 2. The molecular weight excluding hydrogens is 308 g/mol. The van der Waals surface area contributed by atoms with Crippen molar-refractivity contribution in [2.24, 2.45) is 11.8 Å². The molecule has 23 heavy (non-hydrogen) atoms. The third kappa shape index (κ3) is 2.30. The van der Waals surface area contributed by atoms with Gasteiger partial charge in [0.15, 0.2) is 11.6 Å². The van der Waals surface area contributed by atoms with Crippen LogP contribution in [0.4, 0.5) is 0 Å². The summed E-state index contributed by atoms with van der Waals surface area (Å²) in [4.78, 5) is 25.8. The van der Waals surface area contributed by atoms with E-state index in [1.165, 1.54) is 0 Å². The maximum Gasteiger partial charge on any atom is 0.151 e. The molecule has 2 unspecified atom stereocenters. The minimum absolute atomic E-state index is 0.129. The summed E-state index contributed by atoms with van der Waals surface area (Å²) in [6.45, 7) is 4.76. The molecule has 0 aromatic heterocycles. The van der Waals surface area contributed by atoms with Crippen molar-refractivity contribution >= 4 is 23.3 Å². The van der Waals surface area contributed by atoms with E-state index in [9.17, 15) is 9.59 Å². The van der Waals surface area contributed by atoms with E-state index in [4.69, 9.17) is 4.74 Å². The highest BCUT2D eigenvalue weighted by Gasteiger charge is 2.60. The predicted octanol–water partition coefficient (Wildman–Crippen LogP) is 3.41. The molecule has 0 amide bonds. The molecule has 2 atom stereocenters. The maximum atomic E-state index is 13.0. The van der Waals surface area contributed by atoms with E-state index in [0.717, 1.165) is 35.5 Å². The quantitative estimate of drug-likeness (QED) is 0.740. The van der Waals surface area contributed by atoms with Crippen molar-refractivity contribution in [1.82, 2.24) is 0 Å². The predicted molar refractivity (Wildman–Crippen MR) is 90.6 cm³/mol. The Morgan fingerprint density at radius 1 is 1.09 bits per heavy atom. The molecule has 4 heteroatoms. The van der Waals surface area contributed by atoms with Gasteiger partial charge in [0.1, 0.15) is 10.9 Å². The average molecular weight is 330 g/mol. The lowest BCUT2D eigenvalue weighted by Crippen LogP contribution is -2.33. The third-order valence-corrected chi connectivity index (χ3v) is 7.17. The van der Waals surface area contributed by atoms with Gasteiger partial charge in [0.05, 0.1) is 0 Å². The molecule has 2 saturated carbocycles. The highest BCUT2D eigenvalue weighted by atomic mass is 32.2. The van der Waals surface area contributed by atoms with Crippen LogP contribution < -0.4 is 0 Å². The highest BCUT2D eigenvalue weighted by molar-refractivity contribution is 8.00. The fourth-order valence-corrected chi connectivity index (χ4v) is 6.02. The zero-order valence-corrected chi connectivity index (χ0v) is 14.4. The second-order valence-corrected chi connectivity index (χ2v) is 8.57. The van der Waals surface area contributed by atoms with Gasteiger partial charge in [0.2, 0.25) is 0 Å². The van der Waals surface area contributed by atoms with Crippen LogP contribution in [0.3, 0.4) is 0 Å². The molecular formula is C19H22O3S. The zero-order chi connectivity index (χ0) is 16.2. The first-order valence-electron chi connectivity index (χ1n) is 8.44. The fraction of sp³-hybridized carbons (Fsp3) is 0.579. The average Bonchev–Trinajstić information content (AvgIpc) is 2.98. The van der Waals surface area contributed by atoms with E-state index in [1.807, 2.05) is 43.8 Å². The number of fused-ring (bicyclic) bond motifs is 1. The lowest BCUT2D eigenvalue weighted by atomic mass is 9.86. The fourth-order valence-electron chi connectivity index (χ4n) is 4.62. The summed E-state index contributed by atoms with van der Waals surface area (Å²) in [6, 6.07) is 5.98. The molecule has 4 rings (SSSR count). The number of carbonyl (C=O) groups is 2. The normalized spacial score (nSPS) is 36.7. The molecule has 2 aliphatic carbocycles. The molecule has 3 fully saturated rings. The molecule has 0 radical (unpaired) electrons. The molecule has 3 aliphatic rings. The van der Waals surface area contributed by atoms with Crippen molar-refractivity contribution in [3.05, 3.63) is 34.9 Å². The molecule has 1 spiro atoms. The maximum absolute atomic E-state index is 13.0. The number of ketones is 2. The second-order valence-electron chi connectivity index (χ2n) is 7.13. The van der Waals surface area contributed by atoms with Crippen LogP contribution in [0.5, 0.6) is 0 Å². The number of hydrogen-bond donors (Lipinski definition) is 0. The molecule has 1 saturated heterocycles. The topological polar surface area (TPSA) is 43.4 Å². The Bertz CT molecular complexity index is 629. The number of hydrogen-bond acceptors (Lipinski definition) is 4. The van der Waals surface area contributed by atoms with Crippen LogP contribution in [-0.4, -0.2) is 28.9 Å². The van der Waals surface area contributed by atoms with E-state index in [1.54, 1.807) is 0 Å². The molecule has 0 bridgehead atoms. The minimum Gasteiger partial charge on any atom is -0.364 e. The van der Waals surface area contributed by atoms with Gasteiger partial charge in [-0.2, -0.15) is 0 Å². The van der Waals surface area contributed by atoms with E-state index in [-0.39, 0.29) is 28.3 Å². The van der Waals surface area contributed by atoms with Crippen LogP contribution in [0.2, 0.25) is 0 Å². The van der Waals surface area contributed by atoms with Gasteiger partial charge in [-0.25, -0.2) is 0 Å². The SMILES string of the molecule is Cc1cccc(C)c1C1C(=O)C2CC3(CC2C1=O)OCCCS3. The van der Waals surface area contributed by atoms with Crippen molar-refractivity contribution in [3.8, 4) is 0 Å². The summed E-state index contributed by atoms with van der Waals surface area (Å²) in [5.41, 5.74) is 3.05. The van der Waals surface area contributed by atoms with Gasteiger partial charge < -0.3 is 4.74 Å². The van der Waals surface area contributed by atoms with Crippen LogP contribution in [0.15, 0.2) is 18.2 Å². The Morgan fingerprint density at radius 2 is 1.70 bits per heavy atom. The van der Waals surface area contributed by atoms with Crippen LogP contribution in [0, 0.1) is 25.7 Å². The van der Waals surface area contributed by atoms with Crippen LogP contribution in [0.25, 0.3) is 0 Å². The van der Waals surface area contributed by atoms with Crippen molar-refractivity contribution < 1.29 is 14.3 Å². The first-order valence-corrected chi connectivity index (χ1v) is 9.42. The zero-order valence-electron chi connectivity index (χ0n) is 13.6. The standard InChI is InChI=1S/C19H22O3S/c1-11-5-3-6-12(2)15(11)16-17(20)13-9-19(10-14(13)18(16)21)22-7-4-8-23-19/h3,5-6,13-14,16H,4,7-10H2,1-2H3. The van der Waals surface area contributed by atoms with Crippen LogP contribution >= 0.6 is 11.8 Å². The van der Waals surface area contributed by atoms with Gasteiger partial charge in [-0.05, 0) is 55.6 Å². The highest BCUT2D eigenvalue weighted by Crippen LogP contribution is 2.56. The summed E-state index contributed by atoms with van der Waals surface area (Å²) in [5, 5.41) is 0. The summed E-state index contributed by atoms with van der Waals surface area (Å²) in [7, 11) is 0. The summed E-state index contributed by atoms with van der Waals surface area (Å²) < 4.78 is 6.01. The van der Waals surface area contributed by atoms with Crippen LogP contribution in [-0.2, 0) is 14.3 Å². The Hall–Kier alpha value is -1.13. The Kier molecular flexibility index (Phi) is 3.65. The molecule has 1 heterocycles. The number of carbonyl (C=O) groups excluding carboxylic acids is 2. The van der Waals surface area contributed by atoms with E-state index in [2.05, 4.69) is 0 Å². The Balaban J connectivity index is 1.66. The molecule has 3 nitrogen and oxygen atoms in total. The largest absolute Gasteiger partial charge is 0.364 e. The number of aryl methyl sites for hydroxylation is 2. The van der Waals surface area contributed by atoms with E-state index >= 15 is 0 Å². The van der Waals surface area contributed by atoms with E-state index < -0.39 is 5.92 Å². The molecule has 1 aromatic rings. The lowest BCUT2D eigenvalue weighted by molar-refractivity contribution is -0.126. The number of rotatable bonds is 1. The minimum atomic E-state index is -0.544. The third-order valence-electron chi connectivity index (χ3n) is 5.70. The second kappa shape index (κ2) is 5.45. The van der Waals surface area contributed by atoms with Crippen molar-refractivity contribution in [3.63, 3.8) is 0 Å². The van der Waals surface area contributed by atoms with E-state index in [0.29, 0.717) is 12.8 Å². The number of ether oxygens (including phenoxy) is 1. The molecule has 122 valence electrons.